The van der Waals surface area contributed by atoms with Gasteiger partial charge in [0.25, 0.3) is 0 Å². The number of carbonyl (C=O) groups is 1. The topological polar surface area (TPSA) is 32.3 Å². The van der Waals surface area contributed by atoms with Crippen molar-refractivity contribution in [2.45, 2.75) is 77.7 Å². The number of hydrogen-bond donors (Lipinski definition) is 1. The predicted molar refractivity (Wildman–Crippen MR) is 88.3 cm³/mol. The summed E-state index contributed by atoms with van der Waals surface area (Å²) in [6.45, 7) is 7.39. The Morgan fingerprint density at radius 1 is 1.14 bits per heavy atom. The molecule has 1 N–H and O–H groups in total. The molecule has 0 aromatic rings. The number of carbonyl (C=O) groups excluding carboxylic acids is 1. The molecule has 0 aromatic heterocycles. The lowest BCUT2D eigenvalue weighted by Gasteiger charge is -2.38. The Labute approximate surface area is 130 Å². The van der Waals surface area contributed by atoms with Crippen molar-refractivity contribution >= 4 is 5.91 Å². The molecule has 1 amide bonds. The van der Waals surface area contributed by atoms with E-state index in [0.29, 0.717) is 17.9 Å². The van der Waals surface area contributed by atoms with Gasteiger partial charge in [0.2, 0.25) is 5.91 Å². The average Bonchev–Trinajstić information content (AvgIpc) is 2.55. The third kappa shape index (κ3) is 4.70. The SMILES string of the molecule is CCCCC1CCC(C(=O)N(CC)C2CCCNC2)CC1. The molecule has 3 nitrogen and oxygen atoms in total. The van der Waals surface area contributed by atoms with Crippen LogP contribution in [0.1, 0.15) is 71.6 Å². The molecule has 0 radical (unpaired) electrons. The summed E-state index contributed by atoms with van der Waals surface area (Å²) in [6.07, 6.45) is 11.2. The normalized spacial score (nSPS) is 30.1. The molecule has 1 atom stereocenters. The van der Waals surface area contributed by atoms with Crippen LogP contribution in [0.25, 0.3) is 0 Å². The molecule has 1 saturated carbocycles. The number of unbranched alkanes of at least 4 members (excludes halogenated alkanes) is 1. The van der Waals surface area contributed by atoms with E-state index in [4.69, 9.17) is 0 Å². The minimum absolute atomic E-state index is 0.310. The van der Waals surface area contributed by atoms with Gasteiger partial charge in [-0.25, -0.2) is 0 Å². The molecule has 0 aromatic carbocycles. The molecule has 21 heavy (non-hydrogen) atoms. The highest BCUT2D eigenvalue weighted by Gasteiger charge is 2.32. The first kappa shape index (κ1) is 16.8. The monoisotopic (exact) mass is 294 g/mol. The van der Waals surface area contributed by atoms with Crippen LogP contribution in [0.3, 0.4) is 0 Å². The smallest absolute Gasteiger partial charge is 0.225 e. The molecule has 2 rings (SSSR count). The van der Waals surface area contributed by atoms with Gasteiger partial charge in [-0.15, -0.1) is 0 Å². The van der Waals surface area contributed by atoms with Crippen LogP contribution < -0.4 is 5.32 Å². The third-order valence-electron chi connectivity index (χ3n) is 5.50. The largest absolute Gasteiger partial charge is 0.338 e. The fraction of sp³-hybridized carbons (Fsp3) is 0.944. The van der Waals surface area contributed by atoms with E-state index in [-0.39, 0.29) is 0 Å². The molecular formula is C18H34N2O. The van der Waals surface area contributed by atoms with E-state index in [0.717, 1.165) is 38.4 Å². The highest BCUT2D eigenvalue weighted by molar-refractivity contribution is 5.79. The maximum absolute atomic E-state index is 12.8. The van der Waals surface area contributed by atoms with E-state index in [2.05, 4.69) is 24.1 Å². The highest BCUT2D eigenvalue weighted by atomic mass is 16.2. The van der Waals surface area contributed by atoms with E-state index < -0.39 is 0 Å². The standard InChI is InChI=1S/C18H34N2O/c1-3-5-7-15-9-11-16(12-10-15)18(21)20(4-2)17-8-6-13-19-14-17/h15-17,19H,3-14H2,1-2H3. The van der Waals surface area contributed by atoms with Gasteiger partial charge < -0.3 is 10.2 Å². The van der Waals surface area contributed by atoms with Crippen LogP contribution in [-0.2, 0) is 4.79 Å². The highest BCUT2D eigenvalue weighted by Crippen LogP contribution is 2.33. The van der Waals surface area contributed by atoms with E-state index in [9.17, 15) is 4.79 Å². The minimum atomic E-state index is 0.310. The predicted octanol–water partition coefficient (Wildman–Crippen LogP) is 3.58. The van der Waals surface area contributed by atoms with Gasteiger partial charge in [-0.2, -0.15) is 0 Å². The molecule has 3 heteroatoms. The second-order valence-electron chi connectivity index (χ2n) is 6.98. The Balaban J connectivity index is 1.81. The Morgan fingerprint density at radius 3 is 2.48 bits per heavy atom. The van der Waals surface area contributed by atoms with Crippen LogP contribution in [0.4, 0.5) is 0 Å². The zero-order valence-electron chi connectivity index (χ0n) is 14.1. The zero-order chi connectivity index (χ0) is 15.1. The van der Waals surface area contributed by atoms with Crippen molar-refractivity contribution in [3.63, 3.8) is 0 Å². The van der Waals surface area contributed by atoms with Crippen LogP contribution in [0.15, 0.2) is 0 Å². The lowest BCUT2D eigenvalue weighted by molar-refractivity contribution is -0.139. The van der Waals surface area contributed by atoms with Crippen molar-refractivity contribution in [1.29, 1.82) is 0 Å². The van der Waals surface area contributed by atoms with Gasteiger partial charge >= 0.3 is 0 Å². The number of nitrogens with one attached hydrogen (secondary N) is 1. The fourth-order valence-corrected chi connectivity index (χ4v) is 4.12. The average molecular weight is 294 g/mol. The van der Waals surface area contributed by atoms with E-state index in [1.54, 1.807) is 0 Å². The second-order valence-corrected chi connectivity index (χ2v) is 6.98. The van der Waals surface area contributed by atoms with Crippen molar-refractivity contribution in [1.82, 2.24) is 10.2 Å². The molecule has 2 fully saturated rings. The fourth-order valence-electron chi connectivity index (χ4n) is 4.12. The Hall–Kier alpha value is -0.570. The van der Waals surface area contributed by atoms with Crippen molar-refractivity contribution in [2.24, 2.45) is 11.8 Å². The summed E-state index contributed by atoms with van der Waals surface area (Å²) < 4.78 is 0. The van der Waals surface area contributed by atoms with E-state index >= 15 is 0 Å². The van der Waals surface area contributed by atoms with Crippen molar-refractivity contribution < 1.29 is 4.79 Å². The van der Waals surface area contributed by atoms with Gasteiger partial charge in [-0.3, -0.25) is 4.79 Å². The summed E-state index contributed by atoms with van der Waals surface area (Å²) in [5, 5.41) is 3.44. The first-order valence-corrected chi connectivity index (χ1v) is 9.27. The molecule has 1 unspecified atom stereocenters. The summed E-state index contributed by atoms with van der Waals surface area (Å²) in [5.41, 5.74) is 0. The van der Waals surface area contributed by atoms with Gasteiger partial charge in [0.1, 0.15) is 0 Å². The molecular weight excluding hydrogens is 260 g/mol. The first-order valence-electron chi connectivity index (χ1n) is 9.27. The Morgan fingerprint density at radius 2 is 1.90 bits per heavy atom. The van der Waals surface area contributed by atoms with Gasteiger partial charge in [0.05, 0.1) is 0 Å². The maximum Gasteiger partial charge on any atom is 0.225 e. The molecule has 1 aliphatic carbocycles. The summed E-state index contributed by atoms with van der Waals surface area (Å²) in [4.78, 5) is 15.0. The van der Waals surface area contributed by atoms with Gasteiger partial charge in [0, 0.05) is 25.0 Å². The van der Waals surface area contributed by atoms with Crippen LogP contribution >= 0.6 is 0 Å². The van der Waals surface area contributed by atoms with Gasteiger partial charge in [-0.1, -0.05) is 26.2 Å². The summed E-state index contributed by atoms with van der Waals surface area (Å²) in [5.74, 6) is 1.64. The van der Waals surface area contributed by atoms with Crippen molar-refractivity contribution in [2.75, 3.05) is 19.6 Å². The molecule has 1 aliphatic heterocycles. The van der Waals surface area contributed by atoms with Crippen LogP contribution in [0, 0.1) is 11.8 Å². The third-order valence-corrected chi connectivity index (χ3v) is 5.50. The van der Waals surface area contributed by atoms with E-state index in [1.807, 2.05) is 0 Å². The van der Waals surface area contributed by atoms with Crippen LogP contribution in [0.5, 0.6) is 0 Å². The van der Waals surface area contributed by atoms with Gasteiger partial charge in [0.15, 0.2) is 0 Å². The quantitative estimate of drug-likeness (QED) is 0.812. The Bertz CT molecular complexity index is 304. The van der Waals surface area contributed by atoms with Gasteiger partial charge in [-0.05, 0) is 57.9 Å². The number of rotatable bonds is 6. The number of likely N-dealkylation sites (N-methyl/N-ethyl adjacent to an activating group) is 1. The number of nitrogens with zero attached hydrogens (tertiary/aromatic N) is 1. The summed E-state index contributed by atoms with van der Waals surface area (Å²) in [7, 11) is 0. The molecule has 0 spiro atoms. The summed E-state index contributed by atoms with van der Waals surface area (Å²) >= 11 is 0. The zero-order valence-corrected chi connectivity index (χ0v) is 14.1. The van der Waals surface area contributed by atoms with E-state index in [1.165, 1.54) is 44.9 Å². The lowest BCUT2D eigenvalue weighted by Crippen LogP contribution is -2.50. The van der Waals surface area contributed by atoms with Crippen LogP contribution in [-0.4, -0.2) is 36.5 Å². The number of amides is 1. The number of hydrogen-bond acceptors (Lipinski definition) is 2. The lowest BCUT2D eigenvalue weighted by atomic mass is 9.79. The molecule has 1 saturated heterocycles. The number of piperidine rings is 1. The first-order chi connectivity index (χ1) is 10.3. The molecule has 1 heterocycles. The van der Waals surface area contributed by atoms with Crippen LogP contribution in [0.2, 0.25) is 0 Å². The minimum Gasteiger partial charge on any atom is -0.338 e. The van der Waals surface area contributed by atoms with Crippen molar-refractivity contribution in [3.8, 4) is 0 Å². The summed E-state index contributed by atoms with van der Waals surface area (Å²) in [6, 6.07) is 0.439. The van der Waals surface area contributed by atoms with Crippen molar-refractivity contribution in [3.05, 3.63) is 0 Å². The maximum atomic E-state index is 12.8. The molecule has 0 bridgehead atoms. The molecule has 2 aliphatic rings. The Kier molecular flexibility index (Phi) is 7.01. The molecule has 122 valence electrons. The second kappa shape index (κ2) is 8.77.